The second-order valence-electron chi connectivity index (χ2n) is 9.55. The van der Waals surface area contributed by atoms with Crippen LogP contribution in [-0.2, 0) is 0 Å². The lowest BCUT2D eigenvalue weighted by Crippen LogP contribution is -2.33. The van der Waals surface area contributed by atoms with Gasteiger partial charge in [0.25, 0.3) is 0 Å². The van der Waals surface area contributed by atoms with Gasteiger partial charge < -0.3 is 19.9 Å². The van der Waals surface area contributed by atoms with Crippen molar-refractivity contribution < 1.29 is 14.6 Å². The molecule has 0 saturated carbocycles. The number of hydrogen-bond acceptors (Lipinski definition) is 4. The van der Waals surface area contributed by atoms with Crippen molar-refractivity contribution in [2.24, 2.45) is 5.92 Å². The number of nitrogens with one attached hydrogen (secondary N) is 1. The largest absolute Gasteiger partial charge is 0.504 e. The maximum atomic E-state index is 10.5. The summed E-state index contributed by atoms with van der Waals surface area (Å²) in [7, 11) is 1.60. The second-order valence-corrected chi connectivity index (χ2v) is 9.55. The Hall–Kier alpha value is -2.88. The summed E-state index contributed by atoms with van der Waals surface area (Å²) in [5, 5.41) is 14.2. The van der Waals surface area contributed by atoms with Gasteiger partial charge in [-0.1, -0.05) is 24.3 Å². The Balaban J connectivity index is 1.77. The first kappa shape index (κ1) is 20.0. The zero-order valence-electron chi connectivity index (χ0n) is 18.8. The smallest absolute Gasteiger partial charge is 0.172 e. The third-order valence-corrected chi connectivity index (χ3v) is 6.76. The van der Waals surface area contributed by atoms with E-state index in [0.29, 0.717) is 11.7 Å². The number of phenols is 1. The predicted molar refractivity (Wildman–Crippen MR) is 126 cm³/mol. The molecule has 2 atom stereocenters. The van der Waals surface area contributed by atoms with Crippen molar-refractivity contribution in [3.05, 3.63) is 53.6 Å². The molecular formula is C27H31NO3. The van der Waals surface area contributed by atoms with Crippen molar-refractivity contribution in [2.75, 3.05) is 12.4 Å². The van der Waals surface area contributed by atoms with E-state index in [9.17, 15) is 5.11 Å². The van der Waals surface area contributed by atoms with Gasteiger partial charge in [-0.15, -0.1) is 0 Å². The van der Waals surface area contributed by atoms with Crippen molar-refractivity contribution >= 4 is 11.3 Å². The minimum atomic E-state index is -0.102. The number of fused-ring (bicyclic) bond motifs is 5. The van der Waals surface area contributed by atoms with E-state index in [1.807, 2.05) is 6.07 Å². The minimum absolute atomic E-state index is 0.0409. The van der Waals surface area contributed by atoms with Gasteiger partial charge in [0, 0.05) is 22.7 Å². The standard InChI is InChI=1S/C27H31NO3/c1-16-15-27(2,3)28-19-12-11-18-23-21(14-13-20(29)26(23)30-4)31-25(24(18)22(16)19)17-9-7-5-6-8-10-17/h5,7,11-15,17,25,28-29H,6,8-10H2,1-4H3/t17?,25-/m0/s1. The van der Waals surface area contributed by atoms with Crippen LogP contribution in [0.25, 0.3) is 16.7 Å². The molecule has 1 aliphatic carbocycles. The molecule has 3 aliphatic rings. The maximum absolute atomic E-state index is 10.5. The van der Waals surface area contributed by atoms with Crippen LogP contribution in [0.15, 0.2) is 42.5 Å². The zero-order valence-corrected chi connectivity index (χ0v) is 18.8. The normalized spacial score (nSPS) is 23.3. The molecule has 0 amide bonds. The summed E-state index contributed by atoms with van der Waals surface area (Å²) in [4.78, 5) is 0. The Labute approximate surface area is 184 Å². The molecule has 2 heterocycles. The number of methoxy groups -OCH3 is 1. The minimum Gasteiger partial charge on any atom is -0.504 e. The Morgan fingerprint density at radius 1 is 1.13 bits per heavy atom. The van der Waals surface area contributed by atoms with E-state index < -0.39 is 0 Å². The van der Waals surface area contributed by atoms with Gasteiger partial charge in [0.15, 0.2) is 11.5 Å². The highest BCUT2D eigenvalue weighted by Crippen LogP contribution is 2.56. The van der Waals surface area contributed by atoms with E-state index in [1.54, 1.807) is 13.2 Å². The maximum Gasteiger partial charge on any atom is 0.172 e. The van der Waals surface area contributed by atoms with E-state index in [2.05, 4.69) is 56.4 Å². The number of ether oxygens (including phenoxy) is 2. The van der Waals surface area contributed by atoms with Crippen LogP contribution in [0, 0.1) is 5.92 Å². The Morgan fingerprint density at radius 2 is 1.97 bits per heavy atom. The van der Waals surface area contributed by atoms with Crippen molar-refractivity contribution in [3.8, 4) is 28.4 Å². The van der Waals surface area contributed by atoms with Gasteiger partial charge in [-0.3, -0.25) is 0 Å². The summed E-state index contributed by atoms with van der Waals surface area (Å²) in [5.74, 6) is 1.80. The number of allylic oxidation sites excluding steroid dienone is 3. The Morgan fingerprint density at radius 3 is 2.77 bits per heavy atom. The second kappa shape index (κ2) is 7.37. The third kappa shape index (κ3) is 3.29. The summed E-state index contributed by atoms with van der Waals surface area (Å²) in [5.41, 5.74) is 6.69. The lowest BCUT2D eigenvalue weighted by Gasteiger charge is -2.39. The highest BCUT2D eigenvalue weighted by molar-refractivity contribution is 5.92. The third-order valence-electron chi connectivity index (χ3n) is 6.76. The van der Waals surface area contributed by atoms with Crippen LogP contribution in [0.3, 0.4) is 0 Å². The van der Waals surface area contributed by atoms with E-state index >= 15 is 0 Å². The van der Waals surface area contributed by atoms with Gasteiger partial charge in [-0.25, -0.2) is 0 Å². The molecule has 0 spiro atoms. The monoisotopic (exact) mass is 417 g/mol. The van der Waals surface area contributed by atoms with Gasteiger partial charge >= 0.3 is 0 Å². The summed E-state index contributed by atoms with van der Waals surface area (Å²) in [6, 6.07) is 7.87. The van der Waals surface area contributed by atoms with Gasteiger partial charge in [0.2, 0.25) is 0 Å². The summed E-state index contributed by atoms with van der Waals surface area (Å²) >= 11 is 0. The van der Waals surface area contributed by atoms with Crippen molar-refractivity contribution in [3.63, 3.8) is 0 Å². The van der Waals surface area contributed by atoms with Gasteiger partial charge in [0.05, 0.1) is 18.2 Å². The number of benzene rings is 2. The average Bonchev–Trinajstić information content (AvgIpc) is 3.01. The van der Waals surface area contributed by atoms with Gasteiger partial charge in [-0.2, -0.15) is 0 Å². The van der Waals surface area contributed by atoms with Crippen LogP contribution in [0.2, 0.25) is 0 Å². The van der Waals surface area contributed by atoms with Crippen LogP contribution in [0.4, 0.5) is 5.69 Å². The van der Waals surface area contributed by atoms with Crippen molar-refractivity contribution in [1.29, 1.82) is 0 Å². The fourth-order valence-electron chi connectivity index (χ4n) is 5.58. The van der Waals surface area contributed by atoms with Crippen LogP contribution in [-0.4, -0.2) is 17.8 Å². The van der Waals surface area contributed by atoms with Crippen LogP contribution >= 0.6 is 0 Å². The number of rotatable bonds is 2. The molecule has 0 aromatic heterocycles. The molecule has 0 saturated heterocycles. The molecule has 0 bridgehead atoms. The predicted octanol–water partition coefficient (Wildman–Crippen LogP) is 6.86. The van der Waals surface area contributed by atoms with Crippen LogP contribution in [0.5, 0.6) is 17.2 Å². The molecule has 31 heavy (non-hydrogen) atoms. The lowest BCUT2D eigenvalue weighted by molar-refractivity contribution is 0.126. The van der Waals surface area contributed by atoms with Crippen LogP contribution in [0.1, 0.15) is 63.7 Å². The Kier molecular flexibility index (Phi) is 4.76. The van der Waals surface area contributed by atoms with Crippen molar-refractivity contribution in [1.82, 2.24) is 0 Å². The molecule has 0 radical (unpaired) electrons. The molecule has 4 nitrogen and oxygen atoms in total. The zero-order chi connectivity index (χ0) is 21.8. The fraction of sp³-hybridized carbons (Fsp3) is 0.407. The lowest BCUT2D eigenvalue weighted by atomic mass is 9.77. The Bertz CT molecular complexity index is 1100. The van der Waals surface area contributed by atoms with Gasteiger partial charge in [-0.05, 0) is 75.8 Å². The molecule has 2 aromatic rings. The van der Waals surface area contributed by atoms with E-state index in [-0.39, 0.29) is 17.4 Å². The first-order valence-corrected chi connectivity index (χ1v) is 11.3. The number of aromatic hydroxyl groups is 1. The molecule has 2 N–H and O–H groups in total. The SMILES string of the molecule is COc1c(O)ccc2c1-c1ccc3c(c1[C@H](C1CC=CCCC1)O2)C(C)=CC(C)(C)N3. The molecule has 2 aromatic carbocycles. The van der Waals surface area contributed by atoms with E-state index in [0.717, 1.165) is 41.8 Å². The summed E-state index contributed by atoms with van der Waals surface area (Å²) in [6.45, 7) is 6.58. The molecule has 5 rings (SSSR count). The summed E-state index contributed by atoms with van der Waals surface area (Å²) in [6.07, 6.45) is 11.3. The molecule has 0 fully saturated rings. The highest BCUT2D eigenvalue weighted by atomic mass is 16.5. The molecule has 162 valence electrons. The summed E-state index contributed by atoms with van der Waals surface area (Å²) < 4.78 is 12.4. The van der Waals surface area contributed by atoms with E-state index in [4.69, 9.17) is 9.47 Å². The quantitative estimate of drug-likeness (QED) is 0.524. The first-order chi connectivity index (χ1) is 14.9. The number of hydrogen-bond donors (Lipinski definition) is 2. The average molecular weight is 418 g/mol. The first-order valence-electron chi connectivity index (χ1n) is 11.3. The van der Waals surface area contributed by atoms with Gasteiger partial charge in [0.1, 0.15) is 11.9 Å². The fourth-order valence-corrected chi connectivity index (χ4v) is 5.58. The molecule has 1 unspecified atom stereocenters. The highest BCUT2D eigenvalue weighted by Gasteiger charge is 2.38. The topological polar surface area (TPSA) is 50.7 Å². The van der Waals surface area contributed by atoms with E-state index in [1.165, 1.54) is 23.1 Å². The molecule has 2 aliphatic heterocycles. The number of phenolic OH excluding ortho intramolecular Hbond substituents is 1. The number of anilines is 1. The molecular weight excluding hydrogens is 386 g/mol. The van der Waals surface area contributed by atoms with Crippen molar-refractivity contribution in [2.45, 2.75) is 58.1 Å². The molecule has 4 heteroatoms. The van der Waals surface area contributed by atoms with Crippen LogP contribution < -0.4 is 14.8 Å².